The molecule has 23 heavy (non-hydrogen) atoms. The summed E-state index contributed by atoms with van der Waals surface area (Å²) in [5.41, 5.74) is 7.71. The van der Waals surface area contributed by atoms with Crippen LogP contribution in [0.4, 0.5) is 5.69 Å². The molecular weight excluding hydrogens is 308 g/mol. The molecular formula is C19H17ClN2O. The Balaban J connectivity index is 1.90. The number of hydrogen-bond donors (Lipinski definition) is 2. The maximum Gasteiger partial charge on any atom is 0.253 e. The molecule has 0 aliphatic heterocycles. The van der Waals surface area contributed by atoms with Gasteiger partial charge >= 0.3 is 0 Å². The zero-order chi connectivity index (χ0) is 16.4. The first kappa shape index (κ1) is 15.4. The van der Waals surface area contributed by atoms with Gasteiger partial charge in [-0.1, -0.05) is 54.1 Å². The Morgan fingerprint density at radius 3 is 2.65 bits per heavy atom. The maximum atomic E-state index is 12.5. The SMILES string of the molecule is C[C@@H](NC(=O)c1cc(N)ccc1Cl)c1cccc2ccccc12. The largest absolute Gasteiger partial charge is 0.399 e. The Bertz CT molecular complexity index is 871. The number of halogens is 1. The minimum absolute atomic E-state index is 0.147. The highest BCUT2D eigenvalue weighted by molar-refractivity contribution is 6.34. The van der Waals surface area contributed by atoms with Gasteiger partial charge in [-0.15, -0.1) is 0 Å². The van der Waals surface area contributed by atoms with E-state index in [9.17, 15) is 4.79 Å². The second-order valence-electron chi connectivity index (χ2n) is 5.50. The van der Waals surface area contributed by atoms with E-state index in [1.807, 2.05) is 31.2 Å². The molecule has 3 nitrogen and oxygen atoms in total. The van der Waals surface area contributed by atoms with E-state index < -0.39 is 0 Å². The molecule has 1 atom stereocenters. The lowest BCUT2D eigenvalue weighted by Crippen LogP contribution is -2.27. The van der Waals surface area contributed by atoms with Crippen molar-refractivity contribution in [3.63, 3.8) is 0 Å². The molecule has 0 aliphatic carbocycles. The van der Waals surface area contributed by atoms with Crippen LogP contribution in [0.25, 0.3) is 10.8 Å². The van der Waals surface area contributed by atoms with E-state index in [0.29, 0.717) is 16.3 Å². The maximum absolute atomic E-state index is 12.5. The minimum atomic E-state index is -0.234. The van der Waals surface area contributed by atoms with Gasteiger partial charge in [-0.25, -0.2) is 0 Å². The van der Waals surface area contributed by atoms with Crippen molar-refractivity contribution >= 4 is 34.0 Å². The summed E-state index contributed by atoms with van der Waals surface area (Å²) < 4.78 is 0. The van der Waals surface area contributed by atoms with E-state index >= 15 is 0 Å². The molecule has 116 valence electrons. The van der Waals surface area contributed by atoms with Crippen LogP contribution in [0.1, 0.15) is 28.9 Å². The number of carbonyl (C=O) groups is 1. The number of nitrogens with one attached hydrogen (secondary N) is 1. The second kappa shape index (κ2) is 6.31. The molecule has 0 aromatic heterocycles. The molecule has 1 amide bonds. The molecule has 3 aromatic carbocycles. The predicted molar refractivity (Wildman–Crippen MR) is 95.7 cm³/mol. The van der Waals surface area contributed by atoms with Crippen molar-refractivity contribution < 1.29 is 4.79 Å². The zero-order valence-corrected chi connectivity index (χ0v) is 13.5. The number of hydrogen-bond acceptors (Lipinski definition) is 2. The van der Waals surface area contributed by atoms with Crippen LogP contribution >= 0.6 is 11.6 Å². The molecule has 0 aliphatic rings. The standard InChI is InChI=1S/C19H17ClN2O/c1-12(15-8-4-6-13-5-2-3-7-16(13)15)22-19(23)17-11-14(21)9-10-18(17)20/h2-12H,21H2,1H3,(H,22,23)/t12-/m1/s1. The molecule has 0 fully saturated rings. The minimum Gasteiger partial charge on any atom is -0.399 e. The Morgan fingerprint density at radius 2 is 1.83 bits per heavy atom. The number of fused-ring (bicyclic) bond motifs is 1. The number of amides is 1. The first-order chi connectivity index (χ1) is 11.1. The van der Waals surface area contributed by atoms with Crippen LogP contribution in [-0.4, -0.2) is 5.91 Å². The number of benzene rings is 3. The summed E-state index contributed by atoms with van der Waals surface area (Å²) in [4.78, 5) is 12.5. The van der Waals surface area contributed by atoms with Gasteiger partial charge in [-0.05, 0) is 41.5 Å². The molecule has 3 aromatic rings. The summed E-state index contributed by atoms with van der Waals surface area (Å²) in [5.74, 6) is -0.234. The third-order valence-electron chi connectivity index (χ3n) is 3.87. The van der Waals surface area contributed by atoms with Crippen molar-refractivity contribution in [2.75, 3.05) is 5.73 Å². The molecule has 0 heterocycles. The second-order valence-corrected chi connectivity index (χ2v) is 5.91. The van der Waals surface area contributed by atoms with Crippen LogP contribution < -0.4 is 11.1 Å². The van der Waals surface area contributed by atoms with E-state index in [2.05, 4.69) is 23.5 Å². The molecule has 0 saturated carbocycles. The monoisotopic (exact) mass is 324 g/mol. The first-order valence-electron chi connectivity index (χ1n) is 7.40. The lowest BCUT2D eigenvalue weighted by atomic mass is 9.99. The average molecular weight is 325 g/mol. The van der Waals surface area contributed by atoms with Crippen LogP contribution in [0.5, 0.6) is 0 Å². The van der Waals surface area contributed by atoms with Crippen molar-refractivity contribution in [2.45, 2.75) is 13.0 Å². The van der Waals surface area contributed by atoms with Crippen molar-refractivity contribution in [3.05, 3.63) is 76.8 Å². The molecule has 0 unspecified atom stereocenters. The summed E-state index contributed by atoms with van der Waals surface area (Å²) in [6.45, 7) is 1.96. The zero-order valence-electron chi connectivity index (χ0n) is 12.7. The van der Waals surface area contributed by atoms with E-state index in [0.717, 1.165) is 16.3 Å². The van der Waals surface area contributed by atoms with E-state index in [4.69, 9.17) is 17.3 Å². The van der Waals surface area contributed by atoms with Crippen LogP contribution in [0.15, 0.2) is 60.7 Å². The first-order valence-corrected chi connectivity index (χ1v) is 7.77. The quantitative estimate of drug-likeness (QED) is 0.693. The number of anilines is 1. The molecule has 0 spiro atoms. The lowest BCUT2D eigenvalue weighted by molar-refractivity contribution is 0.0940. The van der Waals surface area contributed by atoms with E-state index in [1.165, 1.54) is 0 Å². The number of nitrogen functional groups attached to an aromatic ring is 1. The lowest BCUT2D eigenvalue weighted by Gasteiger charge is -2.17. The third-order valence-corrected chi connectivity index (χ3v) is 4.20. The van der Waals surface area contributed by atoms with Gasteiger partial charge in [0.1, 0.15) is 0 Å². The van der Waals surface area contributed by atoms with Crippen molar-refractivity contribution in [3.8, 4) is 0 Å². The number of nitrogens with two attached hydrogens (primary N) is 1. The fraction of sp³-hybridized carbons (Fsp3) is 0.105. The van der Waals surface area contributed by atoms with Gasteiger partial charge in [0.2, 0.25) is 0 Å². The van der Waals surface area contributed by atoms with Crippen molar-refractivity contribution in [2.24, 2.45) is 0 Å². The highest BCUT2D eigenvalue weighted by Crippen LogP contribution is 2.25. The average Bonchev–Trinajstić information content (AvgIpc) is 2.56. The highest BCUT2D eigenvalue weighted by Gasteiger charge is 2.16. The van der Waals surface area contributed by atoms with Crippen LogP contribution in [0.3, 0.4) is 0 Å². The Labute approximate surface area is 140 Å². The topological polar surface area (TPSA) is 55.1 Å². The fourth-order valence-electron chi connectivity index (χ4n) is 2.70. The molecule has 4 heteroatoms. The van der Waals surface area contributed by atoms with Crippen molar-refractivity contribution in [1.29, 1.82) is 0 Å². The van der Waals surface area contributed by atoms with Crippen molar-refractivity contribution in [1.82, 2.24) is 5.32 Å². The summed E-state index contributed by atoms with van der Waals surface area (Å²) in [7, 11) is 0. The predicted octanol–water partition coefficient (Wildman–Crippen LogP) is 4.57. The van der Waals surface area contributed by atoms with Gasteiger partial charge in [0, 0.05) is 5.69 Å². The Morgan fingerprint density at radius 1 is 1.09 bits per heavy atom. The summed E-state index contributed by atoms with van der Waals surface area (Å²) in [5, 5.41) is 5.66. The summed E-state index contributed by atoms with van der Waals surface area (Å²) in [6, 6.07) is 18.9. The Kier molecular flexibility index (Phi) is 4.22. The van der Waals surface area contributed by atoms with Gasteiger partial charge in [0.15, 0.2) is 0 Å². The molecule has 0 saturated heterocycles. The molecule has 0 bridgehead atoms. The summed E-state index contributed by atoms with van der Waals surface area (Å²) >= 11 is 6.10. The van der Waals surface area contributed by atoms with Gasteiger partial charge in [0.05, 0.1) is 16.6 Å². The molecule has 3 N–H and O–H groups in total. The van der Waals surface area contributed by atoms with Gasteiger partial charge < -0.3 is 11.1 Å². The summed E-state index contributed by atoms with van der Waals surface area (Å²) in [6.07, 6.45) is 0. The molecule has 3 rings (SSSR count). The number of rotatable bonds is 3. The smallest absolute Gasteiger partial charge is 0.253 e. The van der Waals surface area contributed by atoms with Crippen LogP contribution in [0.2, 0.25) is 5.02 Å². The fourth-order valence-corrected chi connectivity index (χ4v) is 2.90. The van der Waals surface area contributed by atoms with Gasteiger partial charge in [0.25, 0.3) is 5.91 Å². The number of carbonyl (C=O) groups excluding carboxylic acids is 1. The van der Waals surface area contributed by atoms with Crippen LogP contribution in [-0.2, 0) is 0 Å². The normalized spacial score (nSPS) is 12.1. The third kappa shape index (κ3) is 3.15. The van der Waals surface area contributed by atoms with Gasteiger partial charge in [-0.2, -0.15) is 0 Å². The Hall–Kier alpha value is -2.52. The molecule has 0 radical (unpaired) electrons. The van der Waals surface area contributed by atoms with E-state index in [-0.39, 0.29) is 11.9 Å². The van der Waals surface area contributed by atoms with E-state index in [1.54, 1.807) is 18.2 Å². The van der Waals surface area contributed by atoms with Crippen LogP contribution in [0, 0.1) is 0 Å². The van der Waals surface area contributed by atoms with Gasteiger partial charge in [-0.3, -0.25) is 4.79 Å². The highest BCUT2D eigenvalue weighted by atomic mass is 35.5.